The zero-order chi connectivity index (χ0) is 16.9. The van der Waals surface area contributed by atoms with Crippen molar-refractivity contribution in [3.05, 3.63) is 24.0 Å². The zero-order valence-corrected chi connectivity index (χ0v) is 14.2. The Morgan fingerprint density at radius 3 is 3.08 bits per heavy atom. The molecule has 1 unspecified atom stereocenters. The predicted molar refractivity (Wildman–Crippen MR) is 89.9 cm³/mol. The van der Waals surface area contributed by atoms with Crippen molar-refractivity contribution in [3.8, 4) is 0 Å². The van der Waals surface area contributed by atoms with Crippen molar-refractivity contribution in [2.75, 3.05) is 29.9 Å². The molecule has 0 amide bonds. The molecule has 8 nitrogen and oxygen atoms in total. The van der Waals surface area contributed by atoms with Gasteiger partial charge in [0.05, 0.1) is 12.6 Å². The van der Waals surface area contributed by atoms with Crippen molar-refractivity contribution in [3.63, 3.8) is 0 Å². The molecule has 1 saturated heterocycles. The summed E-state index contributed by atoms with van der Waals surface area (Å²) in [6.07, 6.45) is 5.08. The van der Waals surface area contributed by atoms with Crippen LogP contribution in [0.25, 0.3) is 0 Å². The number of aromatic nitrogens is 4. The minimum absolute atomic E-state index is 0.287. The largest absolute Gasteiger partial charge is 0.391 e. The Morgan fingerprint density at radius 1 is 1.42 bits per heavy atom. The molecule has 2 aromatic rings. The highest BCUT2D eigenvalue weighted by Crippen LogP contribution is 2.20. The second-order valence-corrected chi connectivity index (χ2v) is 6.17. The highest BCUT2D eigenvalue weighted by molar-refractivity contribution is 5.43. The lowest BCUT2D eigenvalue weighted by molar-refractivity contribution is 0.154. The molecule has 130 valence electrons. The van der Waals surface area contributed by atoms with Crippen LogP contribution in [0.1, 0.15) is 37.9 Å². The number of nitrogens with zero attached hydrogens (tertiary/aromatic N) is 6. The number of hydrogen-bond donors (Lipinski definition) is 1. The first kappa shape index (κ1) is 16.6. The van der Waals surface area contributed by atoms with Gasteiger partial charge in [-0.25, -0.2) is 4.98 Å². The average Bonchev–Trinajstić information content (AvgIpc) is 3.02. The van der Waals surface area contributed by atoms with Gasteiger partial charge in [0.15, 0.2) is 5.82 Å². The molecule has 3 rings (SSSR count). The molecule has 0 saturated carbocycles. The summed E-state index contributed by atoms with van der Waals surface area (Å²) in [4.78, 5) is 17.3. The Hall–Kier alpha value is -2.22. The smallest absolute Gasteiger partial charge is 0.246 e. The van der Waals surface area contributed by atoms with E-state index in [2.05, 4.69) is 31.9 Å². The van der Waals surface area contributed by atoms with Gasteiger partial charge in [0.1, 0.15) is 5.82 Å². The number of aryl methyl sites for hydroxylation is 1. The number of β-amino-alcohol motifs (C(OH)–C–C–N with tert-alkyl or cyclic N) is 1. The zero-order valence-electron chi connectivity index (χ0n) is 14.2. The maximum absolute atomic E-state index is 9.84. The summed E-state index contributed by atoms with van der Waals surface area (Å²) in [5.41, 5.74) is 0. The molecule has 2 aromatic heterocycles. The van der Waals surface area contributed by atoms with Crippen LogP contribution in [0.4, 0.5) is 11.8 Å². The third kappa shape index (κ3) is 4.00. The molecule has 3 heterocycles. The molecule has 0 aromatic carbocycles. The minimum atomic E-state index is -0.287. The van der Waals surface area contributed by atoms with E-state index in [0.717, 1.165) is 43.9 Å². The molecule has 0 radical (unpaired) electrons. The van der Waals surface area contributed by atoms with Crippen LogP contribution in [-0.4, -0.2) is 51.5 Å². The number of aliphatic hydroxyl groups is 1. The van der Waals surface area contributed by atoms with Gasteiger partial charge in [-0.15, -0.1) is 0 Å². The molecule has 0 aliphatic carbocycles. The molecule has 1 aliphatic rings. The monoisotopic (exact) mass is 332 g/mol. The van der Waals surface area contributed by atoms with Gasteiger partial charge in [0.25, 0.3) is 0 Å². The van der Waals surface area contributed by atoms with E-state index in [0.29, 0.717) is 24.9 Å². The number of hydrogen-bond acceptors (Lipinski definition) is 8. The van der Waals surface area contributed by atoms with Crippen LogP contribution < -0.4 is 9.80 Å². The van der Waals surface area contributed by atoms with Crippen molar-refractivity contribution < 1.29 is 9.63 Å². The second kappa shape index (κ2) is 7.57. The lowest BCUT2D eigenvalue weighted by Gasteiger charge is -2.31. The fourth-order valence-electron chi connectivity index (χ4n) is 2.82. The van der Waals surface area contributed by atoms with Crippen molar-refractivity contribution in [1.82, 2.24) is 20.1 Å². The summed E-state index contributed by atoms with van der Waals surface area (Å²) in [7, 11) is 1.90. The van der Waals surface area contributed by atoms with Crippen LogP contribution in [0.2, 0.25) is 0 Å². The van der Waals surface area contributed by atoms with Gasteiger partial charge in [-0.3, -0.25) is 0 Å². The van der Waals surface area contributed by atoms with E-state index in [-0.39, 0.29) is 6.10 Å². The molecule has 1 fully saturated rings. The van der Waals surface area contributed by atoms with Gasteiger partial charge in [0.2, 0.25) is 11.8 Å². The molecule has 1 N–H and O–H groups in total. The third-order valence-electron chi connectivity index (χ3n) is 4.05. The average molecular weight is 332 g/mol. The molecule has 1 aliphatic heterocycles. The maximum Gasteiger partial charge on any atom is 0.246 e. The van der Waals surface area contributed by atoms with Crippen LogP contribution in [0, 0.1) is 0 Å². The first-order valence-corrected chi connectivity index (χ1v) is 8.44. The molecule has 0 bridgehead atoms. The van der Waals surface area contributed by atoms with Crippen LogP contribution in [-0.2, 0) is 13.0 Å². The van der Waals surface area contributed by atoms with Gasteiger partial charge >= 0.3 is 0 Å². The summed E-state index contributed by atoms with van der Waals surface area (Å²) in [6.45, 7) is 4.06. The predicted octanol–water partition coefficient (Wildman–Crippen LogP) is 1.41. The lowest BCUT2D eigenvalue weighted by Crippen LogP contribution is -2.38. The van der Waals surface area contributed by atoms with E-state index >= 15 is 0 Å². The van der Waals surface area contributed by atoms with Crippen molar-refractivity contribution in [2.24, 2.45) is 0 Å². The molecular formula is C16H24N6O2. The molecule has 1 atom stereocenters. The van der Waals surface area contributed by atoms with E-state index in [4.69, 9.17) is 4.52 Å². The van der Waals surface area contributed by atoms with Crippen LogP contribution in [0.15, 0.2) is 16.8 Å². The number of aliphatic hydroxyl groups excluding tert-OH is 1. The SMILES string of the molecule is CCCc1noc(CN(C)c2nccc(N3CCCC(O)C3)n2)n1. The van der Waals surface area contributed by atoms with Gasteiger partial charge in [0, 0.05) is 32.8 Å². The van der Waals surface area contributed by atoms with Crippen molar-refractivity contribution in [1.29, 1.82) is 0 Å². The second-order valence-electron chi connectivity index (χ2n) is 6.17. The van der Waals surface area contributed by atoms with Gasteiger partial charge < -0.3 is 19.4 Å². The van der Waals surface area contributed by atoms with Gasteiger partial charge in [-0.2, -0.15) is 9.97 Å². The van der Waals surface area contributed by atoms with E-state index < -0.39 is 0 Å². The Bertz CT molecular complexity index is 662. The number of piperidine rings is 1. The lowest BCUT2D eigenvalue weighted by atomic mass is 10.1. The highest BCUT2D eigenvalue weighted by Gasteiger charge is 2.20. The summed E-state index contributed by atoms with van der Waals surface area (Å²) in [5.74, 6) is 2.73. The van der Waals surface area contributed by atoms with E-state index in [9.17, 15) is 5.11 Å². The normalized spacial score (nSPS) is 18.0. The van der Waals surface area contributed by atoms with E-state index in [1.54, 1.807) is 6.20 Å². The third-order valence-corrected chi connectivity index (χ3v) is 4.05. The Morgan fingerprint density at radius 2 is 2.29 bits per heavy atom. The minimum Gasteiger partial charge on any atom is -0.391 e. The number of rotatable bonds is 6. The van der Waals surface area contributed by atoms with Crippen LogP contribution in [0.5, 0.6) is 0 Å². The topological polar surface area (TPSA) is 91.4 Å². The molecular weight excluding hydrogens is 308 g/mol. The molecule has 0 spiro atoms. The number of anilines is 2. The van der Waals surface area contributed by atoms with Crippen molar-refractivity contribution >= 4 is 11.8 Å². The van der Waals surface area contributed by atoms with Gasteiger partial charge in [-0.1, -0.05) is 12.1 Å². The van der Waals surface area contributed by atoms with E-state index in [1.165, 1.54) is 0 Å². The molecule has 8 heteroatoms. The van der Waals surface area contributed by atoms with E-state index in [1.807, 2.05) is 18.0 Å². The fourth-order valence-corrected chi connectivity index (χ4v) is 2.82. The summed E-state index contributed by atoms with van der Waals surface area (Å²) >= 11 is 0. The summed E-state index contributed by atoms with van der Waals surface area (Å²) in [6, 6.07) is 1.88. The first-order valence-electron chi connectivity index (χ1n) is 8.44. The standard InChI is InChI=1S/C16H24N6O2/c1-3-5-13-18-15(24-20-13)11-21(2)16-17-8-7-14(19-16)22-9-4-6-12(23)10-22/h7-8,12,23H,3-6,9-11H2,1-2H3. The maximum atomic E-state index is 9.84. The fraction of sp³-hybridized carbons (Fsp3) is 0.625. The highest BCUT2D eigenvalue weighted by atomic mass is 16.5. The van der Waals surface area contributed by atoms with Crippen molar-refractivity contribution in [2.45, 2.75) is 45.3 Å². The Kier molecular flexibility index (Phi) is 5.24. The summed E-state index contributed by atoms with van der Waals surface area (Å²) < 4.78 is 5.27. The van der Waals surface area contributed by atoms with Crippen LogP contribution >= 0.6 is 0 Å². The summed E-state index contributed by atoms with van der Waals surface area (Å²) in [5, 5.41) is 13.8. The first-order chi connectivity index (χ1) is 11.7. The Balaban J connectivity index is 1.68. The quantitative estimate of drug-likeness (QED) is 0.849. The Labute approximate surface area is 141 Å². The molecule has 24 heavy (non-hydrogen) atoms. The van der Waals surface area contributed by atoms with Gasteiger partial charge in [-0.05, 0) is 25.3 Å². The van der Waals surface area contributed by atoms with Crippen LogP contribution in [0.3, 0.4) is 0 Å².